The number of fused-ring (bicyclic) bond motifs is 5. The molecule has 0 saturated heterocycles. The van der Waals surface area contributed by atoms with Crippen LogP contribution in [0.3, 0.4) is 0 Å². The molecule has 0 spiro atoms. The van der Waals surface area contributed by atoms with Crippen molar-refractivity contribution in [2.45, 2.75) is 71.8 Å². The first-order valence-corrected chi connectivity index (χ1v) is 17.3. The zero-order valence-corrected chi connectivity index (χ0v) is 31.0. The largest absolute Gasteiger partial charge is 2.00 e. The van der Waals surface area contributed by atoms with Crippen molar-refractivity contribution in [2.24, 2.45) is 10.9 Å². The third-order valence-electron chi connectivity index (χ3n) is 10.3. The summed E-state index contributed by atoms with van der Waals surface area (Å²) in [5.41, 5.74) is 9.30. The molecule has 0 bridgehead atoms. The van der Waals surface area contributed by atoms with E-state index in [2.05, 4.69) is 118 Å². The van der Waals surface area contributed by atoms with Crippen molar-refractivity contribution in [3.05, 3.63) is 119 Å². The average Bonchev–Trinajstić information content (AvgIpc) is 3.73. The quantitative estimate of drug-likeness (QED) is 0.136. The smallest absolute Gasteiger partial charge is 0.518 e. The van der Waals surface area contributed by atoms with E-state index in [4.69, 9.17) is 19.5 Å². The fourth-order valence-corrected chi connectivity index (χ4v) is 7.81. The average molecular weight is 827 g/mol. The zero-order chi connectivity index (χ0) is 33.0. The Balaban J connectivity index is 0.00000378. The predicted octanol–water partition coefficient (Wildman–Crippen LogP) is 10.5. The van der Waals surface area contributed by atoms with Crippen molar-refractivity contribution in [1.29, 1.82) is 0 Å². The minimum atomic E-state index is -0.229. The number of nitrogens with zero attached hydrogens (tertiary/aromatic N) is 3. The van der Waals surface area contributed by atoms with Gasteiger partial charge >= 0.3 is 21.1 Å². The van der Waals surface area contributed by atoms with E-state index in [0.29, 0.717) is 29.9 Å². The van der Waals surface area contributed by atoms with Crippen molar-refractivity contribution in [1.82, 2.24) is 9.55 Å². The van der Waals surface area contributed by atoms with Crippen LogP contribution < -0.4 is 4.74 Å². The molecule has 0 unspecified atom stereocenters. The molecule has 6 aromatic rings. The van der Waals surface area contributed by atoms with E-state index in [1.54, 1.807) is 0 Å². The predicted molar refractivity (Wildman–Crippen MR) is 195 cm³/mol. The summed E-state index contributed by atoms with van der Waals surface area (Å²) in [4.78, 5) is 9.98. The molecule has 2 aromatic heterocycles. The number of ether oxygens (including phenoxy) is 2. The molecule has 4 heterocycles. The van der Waals surface area contributed by atoms with Gasteiger partial charge in [0.05, 0.1) is 18.2 Å². The third-order valence-corrected chi connectivity index (χ3v) is 10.3. The number of benzene rings is 4. The summed E-state index contributed by atoms with van der Waals surface area (Å²) in [5.74, 6) is 2.45. The van der Waals surface area contributed by atoms with Gasteiger partial charge in [-0.15, -0.1) is 23.3 Å². The van der Waals surface area contributed by atoms with Crippen molar-refractivity contribution < 1.29 is 30.5 Å². The van der Waals surface area contributed by atoms with Gasteiger partial charge in [-0.3, -0.25) is 4.99 Å². The molecule has 6 heteroatoms. The summed E-state index contributed by atoms with van der Waals surface area (Å²) in [6.45, 7) is 11.8. The topological polar surface area (TPSA) is 48.6 Å². The Morgan fingerprint density at radius 3 is 2.45 bits per heavy atom. The molecule has 8 rings (SSSR count). The maximum atomic E-state index is 6.77. The summed E-state index contributed by atoms with van der Waals surface area (Å²) in [6.07, 6.45) is 6.49. The number of para-hydroxylation sites is 1. The number of aryl methyl sites for hydroxylation is 1. The van der Waals surface area contributed by atoms with E-state index in [0.717, 1.165) is 64.7 Å². The number of rotatable bonds is 9. The number of hydrogen-bond donors (Lipinski definition) is 0. The Morgan fingerprint density at radius 1 is 0.898 bits per heavy atom. The van der Waals surface area contributed by atoms with Gasteiger partial charge in [-0.25, -0.2) is 4.98 Å². The van der Waals surface area contributed by atoms with Crippen LogP contribution in [0.4, 0.5) is 0 Å². The van der Waals surface area contributed by atoms with Crippen LogP contribution in [0.1, 0.15) is 75.6 Å². The van der Waals surface area contributed by atoms with Crippen molar-refractivity contribution in [3.63, 3.8) is 0 Å². The van der Waals surface area contributed by atoms with E-state index < -0.39 is 0 Å². The fraction of sp³-hybridized carbons (Fsp3) is 0.302. The van der Waals surface area contributed by atoms with Gasteiger partial charge < -0.3 is 14.0 Å². The van der Waals surface area contributed by atoms with Crippen LogP contribution in [0, 0.1) is 25.0 Å². The van der Waals surface area contributed by atoms with Crippen molar-refractivity contribution in [2.75, 3.05) is 6.61 Å². The van der Waals surface area contributed by atoms with E-state index in [9.17, 15) is 0 Å². The van der Waals surface area contributed by atoms with Gasteiger partial charge in [0.1, 0.15) is 11.5 Å². The molecular formula is C43H41N3O2Pt. The molecule has 2 aliphatic heterocycles. The standard InChI is InChI=1S/C43H41N3O2.Pt/c1-6-13-29(14-7-2)37-26-47-42(45-37)31-22-30(28-15-9-8-10-16-28)23-32(24-31)48-39-25-38-36(21-27(39)3)43(4,5)35-19-11-17-33-34-18-12-20-44-41(34)46(38)40(33)35;/h8-12,15-23,29,37H,6-7,13-14,26H2,1-5H3;/q-2;+2/t37-;/m0./s1. The van der Waals surface area contributed by atoms with Crippen LogP contribution in [-0.2, 0) is 31.2 Å². The molecule has 0 aliphatic carbocycles. The minimum absolute atomic E-state index is 0. The molecule has 4 aromatic carbocycles. The second-order valence-electron chi connectivity index (χ2n) is 13.8. The molecule has 0 saturated carbocycles. The second-order valence-corrected chi connectivity index (χ2v) is 13.8. The Labute approximate surface area is 303 Å². The summed E-state index contributed by atoms with van der Waals surface area (Å²) in [6, 6.07) is 35.0. The summed E-state index contributed by atoms with van der Waals surface area (Å²) in [7, 11) is 0. The molecule has 250 valence electrons. The van der Waals surface area contributed by atoms with E-state index >= 15 is 0 Å². The van der Waals surface area contributed by atoms with Crippen LogP contribution in [0.5, 0.6) is 11.5 Å². The molecule has 0 fully saturated rings. The van der Waals surface area contributed by atoms with Gasteiger partial charge in [0.25, 0.3) is 0 Å². The van der Waals surface area contributed by atoms with Crippen LogP contribution in [0.15, 0.2) is 90.1 Å². The third kappa shape index (κ3) is 5.70. The summed E-state index contributed by atoms with van der Waals surface area (Å²) in [5, 5.41) is 2.34. The fourth-order valence-electron chi connectivity index (χ4n) is 7.81. The zero-order valence-electron chi connectivity index (χ0n) is 28.7. The molecule has 0 N–H and O–H groups in total. The summed E-state index contributed by atoms with van der Waals surface area (Å²) >= 11 is 0. The van der Waals surface area contributed by atoms with Gasteiger partial charge in [-0.05, 0) is 47.4 Å². The molecule has 0 radical (unpaired) electrons. The van der Waals surface area contributed by atoms with Crippen LogP contribution in [0.25, 0.3) is 38.8 Å². The summed E-state index contributed by atoms with van der Waals surface area (Å²) < 4.78 is 15.3. The van der Waals surface area contributed by atoms with Crippen molar-refractivity contribution in [3.8, 4) is 28.3 Å². The molecule has 2 aliphatic rings. The van der Waals surface area contributed by atoms with E-state index in [1.807, 2.05) is 18.3 Å². The van der Waals surface area contributed by atoms with Gasteiger partial charge in [0.15, 0.2) is 0 Å². The normalized spacial score (nSPS) is 16.0. The van der Waals surface area contributed by atoms with Gasteiger partial charge in [-0.1, -0.05) is 125 Å². The van der Waals surface area contributed by atoms with E-state index in [-0.39, 0.29) is 32.5 Å². The number of aliphatic imine (C=N–C) groups is 1. The number of hydrogen-bond acceptors (Lipinski definition) is 4. The number of pyridine rings is 1. The number of aromatic nitrogens is 2. The first-order chi connectivity index (χ1) is 23.4. The second kappa shape index (κ2) is 13.2. The Kier molecular flexibility index (Phi) is 9.00. The van der Waals surface area contributed by atoms with E-state index in [1.165, 1.54) is 22.0 Å². The monoisotopic (exact) mass is 826 g/mol. The molecule has 1 atom stereocenters. The van der Waals surface area contributed by atoms with Crippen LogP contribution >= 0.6 is 0 Å². The van der Waals surface area contributed by atoms with Crippen LogP contribution in [-0.4, -0.2) is 28.1 Å². The van der Waals surface area contributed by atoms with Gasteiger partial charge in [-0.2, -0.15) is 6.07 Å². The maximum Gasteiger partial charge on any atom is 2.00 e. The minimum Gasteiger partial charge on any atom is -0.518 e. The Bertz CT molecular complexity index is 2190. The van der Waals surface area contributed by atoms with Gasteiger partial charge in [0.2, 0.25) is 0 Å². The molecule has 0 amide bonds. The molecule has 5 nitrogen and oxygen atoms in total. The Morgan fingerprint density at radius 2 is 1.67 bits per heavy atom. The maximum absolute atomic E-state index is 6.77. The van der Waals surface area contributed by atoms with Gasteiger partial charge in [0, 0.05) is 28.5 Å². The molecule has 49 heavy (non-hydrogen) atoms. The first-order valence-electron chi connectivity index (χ1n) is 17.3. The van der Waals surface area contributed by atoms with Crippen molar-refractivity contribution >= 4 is 27.8 Å². The SMILES string of the molecule is CCCC(CCC)[C@@H]1COC(c2[c-]c(Oc3[c-]c4c(cc3C)C(C)(C)c3cccc5c6cccnc6n-4c35)cc(-c3ccccc3)c2)=N1.[Pt+2]. The Hall–Kier alpha value is -4.21. The first kappa shape index (κ1) is 33.3. The van der Waals surface area contributed by atoms with Crippen LogP contribution in [0.2, 0.25) is 0 Å². The molecular weight excluding hydrogens is 786 g/mol.